The molecule has 1 aromatic carbocycles. The summed E-state index contributed by atoms with van der Waals surface area (Å²) < 4.78 is 0. The highest BCUT2D eigenvalue weighted by molar-refractivity contribution is 5.70. The maximum atomic E-state index is 11.0. The van der Waals surface area contributed by atoms with Crippen molar-refractivity contribution in [3.8, 4) is 0 Å². The molecule has 3 rings (SSSR count). The van der Waals surface area contributed by atoms with Crippen molar-refractivity contribution in [3.63, 3.8) is 0 Å². The Morgan fingerprint density at radius 1 is 1.18 bits per heavy atom. The van der Waals surface area contributed by atoms with Gasteiger partial charge in [0.15, 0.2) is 0 Å². The fourth-order valence-electron chi connectivity index (χ4n) is 2.77. The van der Waals surface area contributed by atoms with Crippen LogP contribution in [0.5, 0.6) is 0 Å². The minimum absolute atomic E-state index is 0.233. The van der Waals surface area contributed by atoms with Crippen LogP contribution in [-0.2, 0) is 11.2 Å². The molecule has 5 nitrogen and oxygen atoms in total. The summed E-state index contributed by atoms with van der Waals surface area (Å²) in [5.41, 5.74) is 2.20. The second-order valence-corrected chi connectivity index (χ2v) is 5.61. The first-order valence-electron chi connectivity index (χ1n) is 7.56. The van der Waals surface area contributed by atoms with E-state index in [-0.39, 0.29) is 5.92 Å². The van der Waals surface area contributed by atoms with Crippen molar-refractivity contribution in [2.45, 2.75) is 19.3 Å². The van der Waals surface area contributed by atoms with Crippen LogP contribution in [0, 0.1) is 5.92 Å². The summed E-state index contributed by atoms with van der Waals surface area (Å²) in [4.78, 5) is 22.1. The Kier molecular flexibility index (Phi) is 4.32. The Balaban J connectivity index is 1.68. The molecule has 2 aromatic rings. The standard InChI is InChI=1S/C17H19N3O2/c21-16(22)14-7-10-20(11-8-14)17-18-9-6-15(19-17)12-13-4-2-1-3-5-13/h1-6,9,14H,7-8,10-12H2,(H,21,22). The van der Waals surface area contributed by atoms with Gasteiger partial charge < -0.3 is 10.0 Å². The molecule has 1 aromatic heterocycles. The third kappa shape index (κ3) is 3.42. The quantitative estimate of drug-likeness (QED) is 0.938. The molecular weight excluding hydrogens is 278 g/mol. The van der Waals surface area contributed by atoms with E-state index in [0.29, 0.717) is 31.9 Å². The molecule has 1 aliphatic rings. The summed E-state index contributed by atoms with van der Waals surface area (Å²) in [6.45, 7) is 1.40. The zero-order valence-electron chi connectivity index (χ0n) is 12.4. The number of carboxylic acid groups (broad SMARTS) is 1. The minimum Gasteiger partial charge on any atom is -0.481 e. The smallest absolute Gasteiger partial charge is 0.306 e. The van der Waals surface area contributed by atoms with Gasteiger partial charge in [0.25, 0.3) is 0 Å². The molecule has 0 unspecified atom stereocenters. The molecular formula is C17H19N3O2. The van der Waals surface area contributed by atoms with Gasteiger partial charge in [0.2, 0.25) is 5.95 Å². The zero-order chi connectivity index (χ0) is 15.4. The number of carbonyl (C=O) groups is 1. The summed E-state index contributed by atoms with van der Waals surface area (Å²) in [6.07, 6.45) is 3.87. The lowest BCUT2D eigenvalue weighted by atomic mass is 9.97. The first-order valence-corrected chi connectivity index (χ1v) is 7.56. The van der Waals surface area contributed by atoms with Crippen molar-refractivity contribution in [3.05, 3.63) is 53.9 Å². The molecule has 1 N–H and O–H groups in total. The molecule has 114 valence electrons. The second kappa shape index (κ2) is 6.56. The number of rotatable bonds is 4. The Morgan fingerprint density at radius 2 is 1.91 bits per heavy atom. The number of hydrogen-bond acceptors (Lipinski definition) is 4. The summed E-state index contributed by atoms with van der Waals surface area (Å²) in [5, 5.41) is 9.05. The third-order valence-corrected chi connectivity index (χ3v) is 4.06. The van der Waals surface area contributed by atoms with Crippen LogP contribution in [-0.4, -0.2) is 34.1 Å². The molecule has 0 atom stereocenters. The average molecular weight is 297 g/mol. The van der Waals surface area contributed by atoms with Gasteiger partial charge in [-0.05, 0) is 24.5 Å². The number of benzene rings is 1. The summed E-state index contributed by atoms with van der Waals surface area (Å²) in [7, 11) is 0. The third-order valence-electron chi connectivity index (χ3n) is 4.06. The van der Waals surface area contributed by atoms with Crippen molar-refractivity contribution in [1.82, 2.24) is 9.97 Å². The Hall–Kier alpha value is -2.43. The van der Waals surface area contributed by atoms with Crippen molar-refractivity contribution in [1.29, 1.82) is 0 Å². The molecule has 0 amide bonds. The molecule has 2 heterocycles. The van der Waals surface area contributed by atoms with Crippen molar-refractivity contribution in [2.24, 2.45) is 5.92 Å². The Bertz CT molecular complexity index is 637. The fourth-order valence-corrected chi connectivity index (χ4v) is 2.77. The van der Waals surface area contributed by atoms with Gasteiger partial charge in [0, 0.05) is 25.7 Å². The van der Waals surface area contributed by atoms with E-state index in [2.05, 4.69) is 27.0 Å². The number of aromatic nitrogens is 2. The number of piperidine rings is 1. The van der Waals surface area contributed by atoms with Gasteiger partial charge in [0.05, 0.1) is 11.6 Å². The lowest BCUT2D eigenvalue weighted by Crippen LogP contribution is -2.37. The van der Waals surface area contributed by atoms with Crippen LogP contribution in [0.15, 0.2) is 42.6 Å². The van der Waals surface area contributed by atoms with E-state index in [9.17, 15) is 4.79 Å². The predicted molar refractivity (Wildman–Crippen MR) is 83.9 cm³/mol. The molecule has 5 heteroatoms. The topological polar surface area (TPSA) is 66.3 Å². The summed E-state index contributed by atoms with van der Waals surface area (Å²) >= 11 is 0. The fraction of sp³-hybridized carbons (Fsp3) is 0.353. The van der Waals surface area contributed by atoms with Crippen molar-refractivity contribution >= 4 is 11.9 Å². The van der Waals surface area contributed by atoms with Gasteiger partial charge in [-0.1, -0.05) is 30.3 Å². The molecule has 0 bridgehead atoms. The first-order chi connectivity index (χ1) is 10.7. The maximum Gasteiger partial charge on any atom is 0.306 e. The normalized spacial score (nSPS) is 15.7. The largest absolute Gasteiger partial charge is 0.481 e. The average Bonchev–Trinajstić information content (AvgIpc) is 2.56. The molecule has 1 aliphatic heterocycles. The molecule has 1 saturated heterocycles. The van der Waals surface area contributed by atoms with E-state index in [1.54, 1.807) is 6.20 Å². The van der Waals surface area contributed by atoms with Crippen LogP contribution in [0.1, 0.15) is 24.1 Å². The van der Waals surface area contributed by atoms with Crippen LogP contribution >= 0.6 is 0 Å². The molecule has 0 radical (unpaired) electrons. The molecule has 0 saturated carbocycles. The van der Waals surface area contributed by atoms with Crippen LogP contribution in [0.2, 0.25) is 0 Å². The van der Waals surface area contributed by atoms with Gasteiger partial charge in [-0.25, -0.2) is 9.97 Å². The molecule has 1 fully saturated rings. The highest BCUT2D eigenvalue weighted by atomic mass is 16.4. The van der Waals surface area contributed by atoms with E-state index in [0.717, 1.165) is 12.1 Å². The SMILES string of the molecule is O=C(O)C1CCN(c2nccc(Cc3ccccc3)n2)CC1. The number of carboxylic acids is 1. The van der Waals surface area contributed by atoms with Gasteiger partial charge in [0.1, 0.15) is 0 Å². The first kappa shape index (κ1) is 14.5. The Labute approximate surface area is 129 Å². The molecule has 0 spiro atoms. The highest BCUT2D eigenvalue weighted by Gasteiger charge is 2.25. The van der Waals surface area contributed by atoms with E-state index >= 15 is 0 Å². The lowest BCUT2D eigenvalue weighted by Gasteiger charge is -2.30. The summed E-state index contributed by atoms with van der Waals surface area (Å²) in [6, 6.07) is 12.1. The number of aliphatic carboxylic acids is 1. The highest BCUT2D eigenvalue weighted by Crippen LogP contribution is 2.21. The maximum absolute atomic E-state index is 11.0. The van der Waals surface area contributed by atoms with Crippen LogP contribution in [0.25, 0.3) is 0 Å². The van der Waals surface area contributed by atoms with Crippen molar-refractivity contribution < 1.29 is 9.90 Å². The van der Waals surface area contributed by atoms with Gasteiger partial charge in [-0.3, -0.25) is 4.79 Å². The molecule has 0 aliphatic carbocycles. The number of hydrogen-bond donors (Lipinski definition) is 1. The van der Waals surface area contributed by atoms with E-state index in [1.807, 2.05) is 24.3 Å². The van der Waals surface area contributed by atoms with Gasteiger partial charge >= 0.3 is 5.97 Å². The monoisotopic (exact) mass is 297 g/mol. The lowest BCUT2D eigenvalue weighted by molar-refractivity contribution is -0.142. The van der Waals surface area contributed by atoms with E-state index in [4.69, 9.17) is 5.11 Å². The number of anilines is 1. The predicted octanol–water partition coefficient (Wildman–Crippen LogP) is 2.37. The molecule has 22 heavy (non-hydrogen) atoms. The van der Waals surface area contributed by atoms with Gasteiger partial charge in [-0.2, -0.15) is 0 Å². The zero-order valence-corrected chi connectivity index (χ0v) is 12.4. The van der Waals surface area contributed by atoms with Crippen molar-refractivity contribution in [2.75, 3.05) is 18.0 Å². The number of nitrogens with zero attached hydrogens (tertiary/aromatic N) is 3. The summed E-state index contributed by atoms with van der Waals surface area (Å²) in [5.74, 6) is -0.223. The minimum atomic E-state index is -0.696. The van der Waals surface area contributed by atoms with Crippen LogP contribution < -0.4 is 4.90 Å². The van der Waals surface area contributed by atoms with Crippen LogP contribution in [0.3, 0.4) is 0 Å². The second-order valence-electron chi connectivity index (χ2n) is 5.61. The van der Waals surface area contributed by atoms with Crippen LogP contribution in [0.4, 0.5) is 5.95 Å². The Morgan fingerprint density at radius 3 is 2.59 bits per heavy atom. The van der Waals surface area contributed by atoms with Gasteiger partial charge in [-0.15, -0.1) is 0 Å². The van der Waals surface area contributed by atoms with E-state index < -0.39 is 5.97 Å². The van der Waals surface area contributed by atoms with E-state index in [1.165, 1.54) is 5.56 Å².